The molecule has 0 spiro atoms. The highest BCUT2D eigenvalue weighted by Gasteiger charge is 2.15. The van der Waals surface area contributed by atoms with Gasteiger partial charge in [-0.25, -0.2) is 0 Å². The van der Waals surface area contributed by atoms with Crippen LogP contribution in [-0.2, 0) is 10.1 Å². The summed E-state index contributed by atoms with van der Waals surface area (Å²) in [6.07, 6.45) is 0. The first-order valence-corrected chi connectivity index (χ1v) is 9.60. The minimum absolute atomic E-state index is 0.159. The van der Waals surface area contributed by atoms with E-state index in [-0.39, 0.29) is 10.3 Å². The molecule has 1 N–H and O–H groups in total. The molecule has 144 valence electrons. The zero-order valence-corrected chi connectivity index (χ0v) is 16.0. The molecule has 0 saturated carbocycles. The zero-order chi connectivity index (χ0) is 20.6. The Hall–Kier alpha value is -3.45. The third kappa shape index (κ3) is 5.78. The van der Waals surface area contributed by atoms with Gasteiger partial charge in [0.2, 0.25) is 0 Å². The lowest BCUT2D eigenvalue weighted by Gasteiger charge is -2.06. The van der Waals surface area contributed by atoms with Crippen molar-refractivity contribution in [3.05, 3.63) is 94.6 Å². The zero-order valence-electron chi connectivity index (χ0n) is 15.1. The molecule has 0 unspecified atom stereocenters. The van der Waals surface area contributed by atoms with Crippen LogP contribution >= 0.6 is 0 Å². The van der Waals surface area contributed by atoms with Gasteiger partial charge >= 0.3 is 10.1 Å². The molecule has 4 aromatic rings. The average molecular weight is 397 g/mol. The first kappa shape index (κ1) is 20.9. The van der Waals surface area contributed by atoms with Gasteiger partial charge in [-0.15, -0.1) is 5.16 Å². The number of hydrogen-bond donors (Lipinski definition) is 1. The van der Waals surface area contributed by atoms with E-state index in [1.807, 2.05) is 31.2 Å². The van der Waals surface area contributed by atoms with E-state index < -0.39 is 10.1 Å². The molecular formula is C21H19NO5S. The number of benzene rings is 3. The smallest absolute Gasteiger partial charge is 0.339 e. The van der Waals surface area contributed by atoms with Crippen LogP contribution in [0.5, 0.6) is 5.75 Å². The predicted octanol–water partition coefficient (Wildman–Crippen LogP) is 3.91. The van der Waals surface area contributed by atoms with Gasteiger partial charge in [-0.2, -0.15) is 8.42 Å². The second-order valence-electron chi connectivity index (χ2n) is 5.68. The molecule has 0 saturated heterocycles. The van der Waals surface area contributed by atoms with Crippen LogP contribution in [0.1, 0.15) is 5.56 Å². The third-order valence-electron chi connectivity index (χ3n) is 3.61. The number of para-hydroxylation sites is 1. The number of rotatable bonds is 3. The average Bonchev–Trinajstić information content (AvgIpc) is 3.34. The van der Waals surface area contributed by atoms with Gasteiger partial charge in [-0.1, -0.05) is 60.2 Å². The van der Waals surface area contributed by atoms with Gasteiger partial charge in [0.15, 0.2) is 5.43 Å². The Morgan fingerprint density at radius 2 is 1.32 bits per heavy atom. The molecule has 0 aliphatic rings. The topological polar surface area (TPSA) is 93.0 Å². The van der Waals surface area contributed by atoms with Crippen LogP contribution < -0.4 is 9.61 Å². The molecule has 0 atom stereocenters. The Morgan fingerprint density at radius 3 is 1.79 bits per heavy atom. The Morgan fingerprint density at radius 1 is 0.857 bits per heavy atom. The van der Waals surface area contributed by atoms with Gasteiger partial charge in [0.05, 0.1) is 0 Å². The highest BCUT2D eigenvalue weighted by Crippen LogP contribution is 2.18. The van der Waals surface area contributed by atoms with Gasteiger partial charge in [0, 0.05) is 17.5 Å². The van der Waals surface area contributed by atoms with Crippen molar-refractivity contribution in [2.24, 2.45) is 5.16 Å². The van der Waals surface area contributed by atoms with E-state index in [2.05, 4.69) is 11.9 Å². The maximum Gasteiger partial charge on any atom is 0.339 e. The standard InChI is InChI=1S/C13H12O3S.C7H4O.CH3NO/c1-11-7-9-13(10-8-11)17(14,15)16-12-5-3-2-4-6-12;8-7-5-3-1-2-4-6(5)7;1-2-3/h2-10H,1H3;1-4H;3H,1H2. The minimum Gasteiger partial charge on any atom is -0.411 e. The van der Waals surface area contributed by atoms with Crippen LogP contribution in [0.3, 0.4) is 0 Å². The number of hydrogen-bond acceptors (Lipinski definition) is 6. The Balaban J connectivity index is 0.000000209. The lowest BCUT2D eigenvalue weighted by atomic mass is 10.2. The molecule has 0 bridgehead atoms. The molecule has 28 heavy (non-hydrogen) atoms. The molecule has 0 fully saturated rings. The molecule has 0 amide bonds. The minimum atomic E-state index is -3.73. The molecule has 7 heteroatoms. The SMILES string of the molecule is C=NO.Cc1ccc(S(=O)(=O)Oc2ccccc2)cc1.O=c1c2ccccc12. The fourth-order valence-electron chi connectivity index (χ4n) is 2.19. The summed E-state index contributed by atoms with van der Waals surface area (Å²) in [6, 6.07) is 22.4. The van der Waals surface area contributed by atoms with Crippen LogP contribution in [0.2, 0.25) is 0 Å². The van der Waals surface area contributed by atoms with Crippen molar-refractivity contribution < 1.29 is 17.8 Å². The summed E-state index contributed by atoms with van der Waals surface area (Å²) >= 11 is 0. The Kier molecular flexibility index (Phi) is 7.06. The summed E-state index contributed by atoms with van der Waals surface area (Å²) in [5.74, 6) is 0.313. The molecule has 4 aromatic carbocycles. The molecule has 0 aliphatic heterocycles. The van der Waals surface area contributed by atoms with E-state index in [0.29, 0.717) is 5.75 Å². The second-order valence-corrected chi connectivity index (χ2v) is 7.23. The van der Waals surface area contributed by atoms with E-state index in [9.17, 15) is 13.2 Å². The van der Waals surface area contributed by atoms with Gasteiger partial charge in [0.1, 0.15) is 10.6 Å². The van der Waals surface area contributed by atoms with Crippen LogP contribution in [0.25, 0.3) is 10.8 Å². The van der Waals surface area contributed by atoms with Gasteiger partial charge in [-0.3, -0.25) is 4.79 Å². The van der Waals surface area contributed by atoms with Crippen molar-refractivity contribution in [2.75, 3.05) is 0 Å². The number of nitrogens with zero attached hydrogens (tertiary/aromatic N) is 1. The first-order chi connectivity index (χ1) is 13.4. The monoisotopic (exact) mass is 397 g/mol. The van der Waals surface area contributed by atoms with Crippen LogP contribution in [-0.4, -0.2) is 20.3 Å². The maximum absolute atomic E-state index is 11.9. The fourth-order valence-corrected chi connectivity index (χ4v) is 3.12. The van der Waals surface area contributed by atoms with Crippen LogP contribution in [0, 0.1) is 6.92 Å². The van der Waals surface area contributed by atoms with Gasteiger partial charge in [-0.05, 0) is 31.2 Å². The number of fused-ring (bicyclic) bond motifs is 1. The fraction of sp³-hybridized carbons (Fsp3) is 0.0476. The molecule has 0 aliphatic carbocycles. The van der Waals surface area contributed by atoms with Gasteiger partial charge < -0.3 is 9.39 Å². The van der Waals surface area contributed by atoms with E-state index in [4.69, 9.17) is 9.39 Å². The summed E-state index contributed by atoms with van der Waals surface area (Å²) < 4.78 is 28.8. The van der Waals surface area contributed by atoms with E-state index in [0.717, 1.165) is 16.3 Å². The van der Waals surface area contributed by atoms with Crippen molar-refractivity contribution in [3.63, 3.8) is 0 Å². The molecular weight excluding hydrogens is 378 g/mol. The first-order valence-electron chi connectivity index (χ1n) is 8.19. The molecule has 0 heterocycles. The Bertz CT molecular complexity index is 1110. The quantitative estimate of drug-likeness (QED) is 0.245. The van der Waals surface area contributed by atoms with Crippen molar-refractivity contribution >= 4 is 27.6 Å². The summed E-state index contributed by atoms with van der Waals surface area (Å²) in [7, 11) is -3.73. The van der Waals surface area contributed by atoms with E-state index in [1.165, 1.54) is 12.1 Å². The van der Waals surface area contributed by atoms with Crippen molar-refractivity contribution in [1.29, 1.82) is 0 Å². The van der Waals surface area contributed by atoms with Crippen LogP contribution in [0.15, 0.2) is 93.7 Å². The summed E-state index contributed by atoms with van der Waals surface area (Å²) in [4.78, 5) is 10.7. The number of aryl methyl sites for hydroxylation is 1. The van der Waals surface area contributed by atoms with Crippen LogP contribution in [0.4, 0.5) is 0 Å². The summed E-state index contributed by atoms with van der Waals surface area (Å²) in [5.41, 5.74) is 1.22. The van der Waals surface area contributed by atoms with Gasteiger partial charge in [0.25, 0.3) is 0 Å². The highest BCUT2D eigenvalue weighted by molar-refractivity contribution is 7.87. The van der Waals surface area contributed by atoms with Crippen molar-refractivity contribution in [1.82, 2.24) is 0 Å². The van der Waals surface area contributed by atoms with Crippen molar-refractivity contribution in [3.8, 4) is 5.75 Å². The van der Waals surface area contributed by atoms with Crippen molar-refractivity contribution in [2.45, 2.75) is 11.8 Å². The molecule has 0 aromatic heterocycles. The molecule has 4 rings (SSSR count). The predicted molar refractivity (Wildman–Crippen MR) is 109 cm³/mol. The number of oxime groups is 1. The lowest BCUT2D eigenvalue weighted by molar-refractivity contribution is 0.323. The Labute approximate surface area is 163 Å². The molecule has 0 radical (unpaired) electrons. The van der Waals surface area contributed by atoms with E-state index in [1.54, 1.807) is 42.5 Å². The third-order valence-corrected chi connectivity index (χ3v) is 4.87. The highest BCUT2D eigenvalue weighted by atomic mass is 32.2. The normalized spacial score (nSPS) is 10.3. The van der Waals surface area contributed by atoms with E-state index >= 15 is 0 Å². The summed E-state index contributed by atoms with van der Waals surface area (Å²) in [5, 5.41) is 11.1. The summed E-state index contributed by atoms with van der Waals surface area (Å²) in [6.45, 7) is 4.56. The lowest BCUT2D eigenvalue weighted by Crippen LogP contribution is -2.09. The maximum atomic E-state index is 11.9. The molecule has 6 nitrogen and oxygen atoms in total. The second kappa shape index (κ2) is 9.48. The largest absolute Gasteiger partial charge is 0.411 e.